The van der Waals surface area contributed by atoms with E-state index in [9.17, 15) is 14.4 Å². The molecule has 0 aromatic carbocycles. The molecule has 0 atom stereocenters. The molecule has 0 aliphatic rings. The maximum Gasteiger partial charge on any atom is 0.305 e. The number of amides is 2. The van der Waals surface area contributed by atoms with Gasteiger partial charge in [0.05, 0.1) is 17.8 Å². The fourth-order valence-electron chi connectivity index (χ4n) is 1.75. The Balaban J connectivity index is 2.51. The van der Waals surface area contributed by atoms with Crippen LogP contribution in [0.25, 0.3) is 0 Å². The van der Waals surface area contributed by atoms with Crippen LogP contribution >= 0.6 is 11.3 Å². The minimum atomic E-state index is -0.945. The summed E-state index contributed by atoms with van der Waals surface area (Å²) in [6.45, 7) is 4.40. The van der Waals surface area contributed by atoms with Gasteiger partial charge in [-0.25, -0.2) is 0 Å². The smallest absolute Gasteiger partial charge is 0.305 e. The minimum absolute atomic E-state index is 0.0999. The van der Waals surface area contributed by atoms with Gasteiger partial charge in [0, 0.05) is 13.1 Å². The molecule has 0 saturated heterocycles. The van der Waals surface area contributed by atoms with E-state index in [0.717, 1.165) is 0 Å². The van der Waals surface area contributed by atoms with Gasteiger partial charge in [-0.15, -0.1) is 11.3 Å². The van der Waals surface area contributed by atoms with Gasteiger partial charge in [-0.1, -0.05) is 19.9 Å². The molecule has 116 valence electrons. The zero-order valence-electron chi connectivity index (χ0n) is 12.2. The van der Waals surface area contributed by atoms with E-state index >= 15 is 0 Å². The maximum absolute atomic E-state index is 12.1. The zero-order chi connectivity index (χ0) is 15.8. The first kappa shape index (κ1) is 17.2. The van der Waals surface area contributed by atoms with E-state index in [1.54, 1.807) is 17.5 Å². The lowest BCUT2D eigenvalue weighted by Gasteiger charge is -2.24. The van der Waals surface area contributed by atoms with Gasteiger partial charge >= 0.3 is 5.97 Å². The highest BCUT2D eigenvalue weighted by Gasteiger charge is 2.17. The predicted molar refractivity (Wildman–Crippen MR) is 80.3 cm³/mol. The van der Waals surface area contributed by atoms with Gasteiger partial charge < -0.3 is 15.3 Å². The molecule has 1 heterocycles. The SMILES string of the molecule is CC(C)CN(CCC(=O)O)C(=O)CNC(=O)c1cccs1. The number of nitrogens with zero attached hydrogens (tertiary/aromatic N) is 1. The lowest BCUT2D eigenvalue weighted by Crippen LogP contribution is -2.42. The molecule has 0 radical (unpaired) electrons. The van der Waals surface area contributed by atoms with Crippen molar-refractivity contribution < 1.29 is 19.5 Å². The number of carboxylic acids is 1. The van der Waals surface area contributed by atoms with Crippen molar-refractivity contribution >= 4 is 29.1 Å². The molecule has 0 aliphatic heterocycles. The summed E-state index contributed by atoms with van der Waals surface area (Å²) in [6, 6.07) is 3.44. The Bertz CT molecular complexity index is 485. The third-order valence-corrected chi connectivity index (χ3v) is 3.55. The van der Waals surface area contributed by atoms with Crippen LogP contribution in [0.5, 0.6) is 0 Å². The van der Waals surface area contributed by atoms with Crippen molar-refractivity contribution in [1.29, 1.82) is 0 Å². The van der Waals surface area contributed by atoms with Crippen LogP contribution in [0.2, 0.25) is 0 Å². The molecule has 1 rings (SSSR count). The van der Waals surface area contributed by atoms with Crippen LogP contribution < -0.4 is 5.32 Å². The molecule has 2 amide bonds. The normalized spacial score (nSPS) is 10.4. The van der Waals surface area contributed by atoms with Crippen LogP contribution in [0.15, 0.2) is 17.5 Å². The Kier molecular flexibility index (Phi) is 6.87. The van der Waals surface area contributed by atoms with Crippen LogP contribution in [0.4, 0.5) is 0 Å². The van der Waals surface area contributed by atoms with Gasteiger partial charge in [-0.3, -0.25) is 14.4 Å². The van der Waals surface area contributed by atoms with Crippen molar-refractivity contribution in [1.82, 2.24) is 10.2 Å². The Hall–Kier alpha value is -1.89. The maximum atomic E-state index is 12.1. The molecule has 1 aromatic heterocycles. The lowest BCUT2D eigenvalue weighted by atomic mass is 10.2. The van der Waals surface area contributed by atoms with E-state index < -0.39 is 5.97 Å². The average Bonchev–Trinajstić information content (AvgIpc) is 2.93. The lowest BCUT2D eigenvalue weighted by molar-refractivity contribution is -0.138. The van der Waals surface area contributed by atoms with Crippen molar-refractivity contribution in [3.05, 3.63) is 22.4 Å². The molecule has 2 N–H and O–H groups in total. The number of hydrogen-bond acceptors (Lipinski definition) is 4. The Labute approximate surface area is 127 Å². The second-order valence-corrected chi connectivity index (χ2v) is 5.99. The summed E-state index contributed by atoms with van der Waals surface area (Å²) in [5.41, 5.74) is 0. The first-order chi connectivity index (χ1) is 9.90. The molecule has 6 nitrogen and oxygen atoms in total. The molecule has 0 unspecified atom stereocenters. The number of carbonyl (C=O) groups is 3. The van der Waals surface area contributed by atoms with Crippen molar-refractivity contribution in [2.45, 2.75) is 20.3 Å². The van der Waals surface area contributed by atoms with Gasteiger partial charge in [0.2, 0.25) is 5.91 Å². The van der Waals surface area contributed by atoms with Crippen LogP contribution in [0.1, 0.15) is 29.9 Å². The van der Waals surface area contributed by atoms with E-state index in [1.165, 1.54) is 16.2 Å². The molecular weight excluding hydrogens is 292 g/mol. The van der Waals surface area contributed by atoms with E-state index in [-0.39, 0.29) is 37.2 Å². The van der Waals surface area contributed by atoms with E-state index in [4.69, 9.17) is 5.11 Å². The number of rotatable bonds is 8. The van der Waals surface area contributed by atoms with Crippen molar-refractivity contribution in [2.24, 2.45) is 5.92 Å². The molecular formula is C14H20N2O4S. The van der Waals surface area contributed by atoms with Gasteiger partial charge in [-0.2, -0.15) is 0 Å². The number of carbonyl (C=O) groups excluding carboxylic acids is 2. The zero-order valence-corrected chi connectivity index (χ0v) is 13.0. The van der Waals surface area contributed by atoms with E-state index in [0.29, 0.717) is 11.4 Å². The predicted octanol–water partition coefficient (Wildman–Crippen LogP) is 1.44. The third kappa shape index (κ3) is 6.40. The van der Waals surface area contributed by atoms with Gasteiger partial charge in [0.15, 0.2) is 0 Å². The summed E-state index contributed by atoms with van der Waals surface area (Å²) < 4.78 is 0. The van der Waals surface area contributed by atoms with Crippen LogP contribution in [0, 0.1) is 5.92 Å². The first-order valence-corrected chi connectivity index (χ1v) is 7.59. The van der Waals surface area contributed by atoms with Crippen molar-refractivity contribution in [3.63, 3.8) is 0 Å². The molecule has 0 fully saturated rings. The summed E-state index contributed by atoms with van der Waals surface area (Å²) in [4.78, 5) is 36.5. The molecule has 21 heavy (non-hydrogen) atoms. The van der Waals surface area contributed by atoms with Crippen LogP contribution in [-0.4, -0.2) is 47.4 Å². The highest BCUT2D eigenvalue weighted by molar-refractivity contribution is 7.12. The first-order valence-electron chi connectivity index (χ1n) is 6.71. The number of thiophene rings is 1. The van der Waals surface area contributed by atoms with Crippen LogP contribution in [0.3, 0.4) is 0 Å². The number of carboxylic acid groups (broad SMARTS) is 1. The van der Waals surface area contributed by atoms with E-state index in [2.05, 4.69) is 5.32 Å². The second-order valence-electron chi connectivity index (χ2n) is 5.04. The molecule has 0 aliphatic carbocycles. The van der Waals surface area contributed by atoms with Gasteiger partial charge in [0.1, 0.15) is 0 Å². The number of hydrogen-bond donors (Lipinski definition) is 2. The summed E-state index contributed by atoms with van der Waals surface area (Å²) in [5, 5.41) is 13.1. The third-order valence-electron chi connectivity index (χ3n) is 2.68. The second kappa shape index (κ2) is 8.41. The Morgan fingerprint density at radius 1 is 1.38 bits per heavy atom. The molecule has 1 aromatic rings. The van der Waals surface area contributed by atoms with Gasteiger partial charge in [-0.05, 0) is 17.4 Å². The summed E-state index contributed by atoms with van der Waals surface area (Å²) in [6.07, 6.45) is -0.0999. The fraction of sp³-hybridized carbons (Fsp3) is 0.500. The summed E-state index contributed by atoms with van der Waals surface area (Å²) in [5.74, 6) is -1.27. The molecule has 0 spiro atoms. The monoisotopic (exact) mass is 312 g/mol. The summed E-state index contributed by atoms with van der Waals surface area (Å²) in [7, 11) is 0. The minimum Gasteiger partial charge on any atom is -0.481 e. The fourth-order valence-corrected chi connectivity index (χ4v) is 2.39. The number of aliphatic carboxylic acids is 1. The standard InChI is InChI=1S/C14H20N2O4S/c1-10(2)9-16(6-5-13(18)19)12(17)8-15-14(20)11-4-3-7-21-11/h3-4,7,10H,5-6,8-9H2,1-2H3,(H,15,20)(H,18,19). The van der Waals surface area contributed by atoms with E-state index in [1.807, 2.05) is 13.8 Å². The quantitative estimate of drug-likeness (QED) is 0.760. The molecule has 0 bridgehead atoms. The largest absolute Gasteiger partial charge is 0.481 e. The Morgan fingerprint density at radius 3 is 2.62 bits per heavy atom. The van der Waals surface area contributed by atoms with Crippen molar-refractivity contribution in [3.8, 4) is 0 Å². The molecule has 0 saturated carbocycles. The molecule has 7 heteroatoms. The highest BCUT2D eigenvalue weighted by Crippen LogP contribution is 2.07. The summed E-state index contributed by atoms with van der Waals surface area (Å²) >= 11 is 1.30. The van der Waals surface area contributed by atoms with Gasteiger partial charge in [0.25, 0.3) is 5.91 Å². The van der Waals surface area contributed by atoms with Crippen LogP contribution in [-0.2, 0) is 9.59 Å². The number of nitrogens with one attached hydrogen (secondary N) is 1. The average molecular weight is 312 g/mol. The Morgan fingerprint density at radius 2 is 2.10 bits per heavy atom. The topological polar surface area (TPSA) is 86.7 Å². The highest BCUT2D eigenvalue weighted by atomic mass is 32.1. The van der Waals surface area contributed by atoms with Crippen molar-refractivity contribution in [2.75, 3.05) is 19.6 Å².